The molecule has 1 aromatic carbocycles. The molecule has 0 radical (unpaired) electrons. The number of halogens is 1. The number of hydrogen-bond acceptors (Lipinski definition) is 3. The van der Waals surface area contributed by atoms with Crippen LogP contribution in [0.2, 0.25) is 0 Å². The molecule has 0 aliphatic carbocycles. The van der Waals surface area contributed by atoms with Crippen molar-refractivity contribution in [3.8, 4) is 0 Å². The summed E-state index contributed by atoms with van der Waals surface area (Å²) in [6.07, 6.45) is 1.69. The Morgan fingerprint density at radius 3 is 2.45 bits per heavy atom. The summed E-state index contributed by atoms with van der Waals surface area (Å²) in [6, 6.07) is 12.9. The monoisotopic (exact) mass is 373 g/mol. The molecule has 6 heteroatoms. The molecule has 108 valence electrons. The van der Waals surface area contributed by atoms with Gasteiger partial charge in [0, 0.05) is 6.04 Å². The van der Waals surface area contributed by atoms with Gasteiger partial charge in [0.25, 0.3) is 10.0 Å². The van der Waals surface area contributed by atoms with Gasteiger partial charge in [-0.05, 0) is 40.0 Å². The average molecular weight is 374 g/mol. The minimum absolute atomic E-state index is 0.188. The van der Waals surface area contributed by atoms with Gasteiger partial charge in [-0.1, -0.05) is 43.7 Å². The molecule has 0 aliphatic rings. The average Bonchev–Trinajstić information content (AvgIpc) is 2.87. The van der Waals surface area contributed by atoms with Crippen molar-refractivity contribution < 1.29 is 8.42 Å². The zero-order valence-electron chi connectivity index (χ0n) is 11.0. The van der Waals surface area contributed by atoms with Gasteiger partial charge >= 0.3 is 0 Å². The molecule has 0 bridgehead atoms. The molecule has 2 aromatic rings. The maximum atomic E-state index is 12.4. The zero-order chi connectivity index (χ0) is 14.6. The molecule has 2 rings (SSSR count). The van der Waals surface area contributed by atoms with Crippen molar-refractivity contribution >= 4 is 37.3 Å². The summed E-state index contributed by atoms with van der Waals surface area (Å²) in [7, 11) is -3.47. The molecular formula is C14H16BrNO2S2. The molecule has 0 saturated carbocycles. The fourth-order valence-electron chi connectivity index (χ4n) is 1.96. The van der Waals surface area contributed by atoms with E-state index in [9.17, 15) is 8.42 Å². The Bertz CT molecular complexity index is 653. The lowest BCUT2D eigenvalue weighted by molar-refractivity contribution is 0.537. The van der Waals surface area contributed by atoms with Crippen molar-refractivity contribution in [2.45, 2.75) is 30.0 Å². The van der Waals surface area contributed by atoms with Crippen LogP contribution in [0.1, 0.15) is 31.4 Å². The lowest BCUT2D eigenvalue weighted by Crippen LogP contribution is -2.28. The van der Waals surface area contributed by atoms with E-state index in [1.807, 2.05) is 37.3 Å². The second kappa shape index (κ2) is 6.85. The maximum Gasteiger partial charge on any atom is 0.250 e. The van der Waals surface area contributed by atoms with E-state index in [-0.39, 0.29) is 6.04 Å². The minimum Gasteiger partial charge on any atom is -0.206 e. The van der Waals surface area contributed by atoms with E-state index in [1.165, 1.54) is 11.3 Å². The highest BCUT2D eigenvalue weighted by Gasteiger charge is 2.22. The van der Waals surface area contributed by atoms with Crippen molar-refractivity contribution in [2.24, 2.45) is 0 Å². The molecule has 0 spiro atoms. The van der Waals surface area contributed by atoms with Crippen molar-refractivity contribution in [3.05, 3.63) is 51.8 Å². The topological polar surface area (TPSA) is 46.2 Å². The van der Waals surface area contributed by atoms with E-state index in [1.54, 1.807) is 12.1 Å². The van der Waals surface area contributed by atoms with E-state index < -0.39 is 10.0 Å². The van der Waals surface area contributed by atoms with Crippen LogP contribution in [0.25, 0.3) is 0 Å². The first-order chi connectivity index (χ1) is 9.53. The summed E-state index contributed by atoms with van der Waals surface area (Å²) >= 11 is 4.51. The second-order valence-electron chi connectivity index (χ2n) is 4.43. The van der Waals surface area contributed by atoms with Crippen LogP contribution in [0, 0.1) is 0 Å². The van der Waals surface area contributed by atoms with Gasteiger partial charge in [0.2, 0.25) is 0 Å². The molecule has 3 nitrogen and oxygen atoms in total. The summed E-state index contributed by atoms with van der Waals surface area (Å²) in [4.78, 5) is 0. The van der Waals surface area contributed by atoms with E-state index in [4.69, 9.17) is 0 Å². The molecule has 0 aliphatic heterocycles. The lowest BCUT2D eigenvalue weighted by Gasteiger charge is -2.18. The van der Waals surface area contributed by atoms with Gasteiger partial charge in [-0.2, -0.15) is 0 Å². The van der Waals surface area contributed by atoms with Crippen molar-refractivity contribution in [1.82, 2.24) is 4.72 Å². The zero-order valence-corrected chi connectivity index (χ0v) is 14.3. The quantitative estimate of drug-likeness (QED) is 0.818. The SMILES string of the molecule is CCCC(NS(=O)(=O)c1ccc(Br)s1)c1ccccc1. The van der Waals surface area contributed by atoms with Gasteiger partial charge in [0.15, 0.2) is 0 Å². The standard InChI is InChI=1S/C14H16BrNO2S2/c1-2-6-12(11-7-4-3-5-8-11)16-20(17,18)14-10-9-13(15)19-14/h3-5,7-10,12,16H,2,6H2,1H3. The van der Waals surface area contributed by atoms with Crippen LogP contribution in [-0.2, 0) is 10.0 Å². The molecule has 0 saturated heterocycles. The summed E-state index contributed by atoms with van der Waals surface area (Å²) in [5.41, 5.74) is 0.994. The highest BCUT2D eigenvalue weighted by molar-refractivity contribution is 9.11. The number of nitrogens with one attached hydrogen (secondary N) is 1. The normalized spacial score (nSPS) is 13.3. The van der Waals surface area contributed by atoms with E-state index in [2.05, 4.69) is 20.7 Å². The van der Waals surface area contributed by atoms with Crippen LogP contribution in [0.5, 0.6) is 0 Å². The largest absolute Gasteiger partial charge is 0.250 e. The summed E-state index contributed by atoms with van der Waals surface area (Å²) in [5, 5.41) is 0. The first-order valence-corrected chi connectivity index (χ1v) is 9.45. The van der Waals surface area contributed by atoms with E-state index in [0.29, 0.717) is 4.21 Å². The van der Waals surface area contributed by atoms with Crippen LogP contribution >= 0.6 is 27.3 Å². The van der Waals surface area contributed by atoms with Crippen molar-refractivity contribution in [1.29, 1.82) is 0 Å². The van der Waals surface area contributed by atoms with Gasteiger partial charge in [-0.3, -0.25) is 0 Å². The van der Waals surface area contributed by atoms with Gasteiger partial charge in [-0.25, -0.2) is 13.1 Å². The summed E-state index contributed by atoms with van der Waals surface area (Å²) < 4.78 is 28.7. The van der Waals surface area contributed by atoms with Crippen LogP contribution in [0.3, 0.4) is 0 Å². The molecule has 1 heterocycles. The minimum atomic E-state index is -3.47. The first-order valence-electron chi connectivity index (χ1n) is 6.35. The Kier molecular flexibility index (Phi) is 5.37. The first kappa shape index (κ1) is 15.7. The smallest absolute Gasteiger partial charge is 0.206 e. The van der Waals surface area contributed by atoms with Gasteiger partial charge in [0.1, 0.15) is 4.21 Å². The molecular weight excluding hydrogens is 358 g/mol. The Hall–Kier alpha value is -0.690. The van der Waals surface area contributed by atoms with Gasteiger partial charge < -0.3 is 0 Å². The van der Waals surface area contributed by atoms with Crippen LogP contribution in [0.15, 0.2) is 50.5 Å². The Morgan fingerprint density at radius 2 is 1.90 bits per heavy atom. The third kappa shape index (κ3) is 3.91. The van der Waals surface area contributed by atoms with Crippen LogP contribution < -0.4 is 4.72 Å². The van der Waals surface area contributed by atoms with Gasteiger partial charge in [-0.15, -0.1) is 11.3 Å². The Labute approximate surface area is 132 Å². The number of sulfonamides is 1. The third-order valence-electron chi connectivity index (χ3n) is 2.89. The lowest BCUT2D eigenvalue weighted by atomic mass is 10.0. The fourth-order valence-corrected chi connectivity index (χ4v) is 5.24. The molecule has 1 unspecified atom stereocenters. The predicted molar refractivity (Wildman–Crippen MR) is 86.4 cm³/mol. The van der Waals surface area contributed by atoms with Gasteiger partial charge in [0.05, 0.1) is 3.79 Å². The van der Waals surface area contributed by atoms with Crippen molar-refractivity contribution in [3.63, 3.8) is 0 Å². The van der Waals surface area contributed by atoms with E-state index >= 15 is 0 Å². The number of benzene rings is 1. The number of rotatable bonds is 6. The maximum absolute atomic E-state index is 12.4. The third-order valence-corrected chi connectivity index (χ3v) is 6.48. The predicted octanol–water partition coefficient (Wildman–Crippen LogP) is 4.33. The highest BCUT2D eigenvalue weighted by atomic mass is 79.9. The van der Waals surface area contributed by atoms with Crippen LogP contribution in [-0.4, -0.2) is 8.42 Å². The Morgan fingerprint density at radius 1 is 1.20 bits per heavy atom. The van der Waals surface area contributed by atoms with Crippen molar-refractivity contribution in [2.75, 3.05) is 0 Å². The van der Waals surface area contributed by atoms with E-state index in [0.717, 1.165) is 22.2 Å². The second-order valence-corrected chi connectivity index (χ2v) is 8.84. The highest BCUT2D eigenvalue weighted by Crippen LogP contribution is 2.28. The molecule has 1 N–H and O–H groups in total. The molecule has 0 amide bonds. The fraction of sp³-hybridized carbons (Fsp3) is 0.286. The molecule has 1 aromatic heterocycles. The number of hydrogen-bond donors (Lipinski definition) is 1. The Balaban J connectivity index is 2.24. The molecule has 0 fully saturated rings. The van der Waals surface area contributed by atoms with Crippen LogP contribution in [0.4, 0.5) is 0 Å². The summed E-state index contributed by atoms with van der Waals surface area (Å²) in [6.45, 7) is 2.05. The number of thiophene rings is 1. The summed E-state index contributed by atoms with van der Waals surface area (Å²) in [5.74, 6) is 0. The molecule has 20 heavy (non-hydrogen) atoms. The molecule has 1 atom stereocenters.